The molecule has 2 heterocycles. The zero-order chi connectivity index (χ0) is 12.3. The molecule has 6 heteroatoms. The minimum Gasteiger partial charge on any atom is -0.474 e. The Hall–Kier alpha value is -1.33. The molecule has 0 aromatic carbocycles. The number of hydrogen-bond acceptors (Lipinski definition) is 4. The van der Waals surface area contributed by atoms with E-state index in [1.54, 1.807) is 18.3 Å². The van der Waals surface area contributed by atoms with Gasteiger partial charge in [-0.25, -0.2) is 4.98 Å². The van der Waals surface area contributed by atoms with Gasteiger partial charge in [-0.2, -0.15) is 0 Å². The van der Waals surface area contributed by atoms with E-state index < -0.39 is 0 Å². The van der Waals surface area contributed by atoms with Crippen molar-refractivity contribution in [2.75, 3.05) is 20.1 Å². The molecule has 1 aliphatic rings. The molecule has 0 amide bonds. The van der Waals surface area contributed by atoms with Crippen LogP contribution in [0.3, 0.4) is 0 Å². The molecule has 1 aromatic heterocycles. The maximum atomic E-state index is 7.48. The fourth-order valence-corrected chi connectivity index (χ4v) is 1.95. The SMILES string of the molecule is CN1CCC(Oc2ncccc2C(=N)N)CC1.Cl. The summed E-state index contributed by atoms with van der Waals surface area (Å²) in [6, 6.07) is 3.53. The fourth-order valence-electron chi connectivity index (χ4n) is 1.95. The second-order valence-corrected chi connectivity index (χ2v) is 4.39. The quantitative estimate of drug-likeness (QED) is 0.641. The molecule has 0 spiro atoms. The van der Waals surface area contributed by atoms with Crippen LogP contribution in [0.2, 0.25) is 0 Å². The van der Waals surface area contributed by atoms with Gasteiger partial charge in [-0.05, 0) is 32.0 Å². The predicted molar refractivity (Wildman–Crippen MR) is 73.6 cm³/mol. The summed E-state index contributed by atoms with van der Waals surface area (Å²) < 4.78 is 5.84. The van der Waals surface area contributed by atoms with Crippen LogP contribution in [-0.2, 0) is 0 Å². The molecule has 1 aromatic rings. The highest BCUT2D eigenvalue weighted by Crippen LogP contribution is 2.19. The van der Waals surface area contributed by atoms with E-state index in [1.165, 1.54) is 0 Å². The van der Waals surface area contributed by atoms with Crippen molar-refractivity contribution in [1.82, 2.24) is 9.88 Å². The number of nitrogen functional groups attached to an aromatic ring is 1. The smallest absolute Gasteiger partial charge is 0.224 e. The van der Waals surface area contributed by atoms with Gasteiger partial charge in [-0.3, -0.25) is 5.41 Å². The largest absolute Gasteiger partial charge is 0.474 e. The number of nitrogens with zero attached hydrogens (tertiary/aromatic N) is 2. The molecule has 3 N–H and O–H groups in total. The molecule has 0 saturated carbocycles. The standard InChI is InChI=1S/C12H18N4O.ClH/c1-16-7-4-9(5-8-16)17-12-10(11(13)14)3-2-6-15-12;/h2-3,6,9H,4-5,7-8H2,1H3,(H3,13,14);1H. The molecule has 100 valence electrons. The molecular weight excluding hydrogens is 252 g/mol. The molecule has 0 aliphatic carbocycles. The summed E-state index contributed by atoms with van der Waals surface area (Å²) in [5.41, 5.74) is 6.07. The summed E-state index contributed by atoms with van der Waals surface area (Å²) in [5.74, 6) is 0.482. The first-order chi connectivity index (χ1) is 8.16. The van der Waals surface area contributed by atoms with Gasteiger partial charge in [0.15, 0.2) is 0 Å². The highest BCUT2D eigenvalue weighted by atomic mass is 35.5. The number of piperidine rings is 1. The van der Waals surface area contributed by atoms with Gasteiger partial charge in [-0.15, -0.1) is 12.4 Å². The molecule has 2 rings (SSSR count). The third kappa shape index (κ3) is 3.58. The second kappa shape index (κ2) is 6.56. The van der Waals surface area contributed by atoms with E-state index in [0.717, 1.165) is 25.9 Å². The first kappa shape index (κ1) is 14.7. The van der Waals surface area contributed by atoms with Crippen LogP contribution in [0.5, 0.6) is 5.88 Å². The Morgan fingerprint density at radius 2 is 2.17 bits per heavy atom. The molecule has 18 heavy (non-hydrogen) atoms. The Morgan fingerprint density at radius 1 is 1.50 bits per heavy atom. The van der Waals surface area contributed by atoms with E-state index >= 15 is 0 Å². The van der Waals surface area contributed by atoms with Crippen molar-refractivity contribution in [3.63, 3.8) is 0 Å². The van der Waals surface area contributed by atoms with Gasteiger partial charge in [0.2, 0.25) is 5.88 Å². The third-order valence-electron chi connectivity index (χ3n) is 3.01. The monoisotopic (exact) mass is 270 g/mol. The van der Waals surface area contributed by atoms with Crippen molar-refractivity contribution >= 4 is 18.2 Å². The molecular formula is C12H19ClN4O. The van der Waals surface area contributed by atoms with Crippen molar-refractivity contribution in [1.29, 1.82) is 5.41 Å². The second-order valence-electron chi connectivity index (χ2n) is 4.39. The number of amidine groups is 1. The summed E-state index contributed by atoms with van der Waals surface area (Å²) in [6.45, 7) is 2.07. The van der Waals surface area contributed by atoms with E-state index in [4.69, 9.17) is 15.9 Å². The number of hydrogen-bond donors (Lipinski definition) is 2. The fraction of sp³-hybridized carbons (Fsp3) is 0.500. The van der Waals surface area contributed by atoms with Crippen molar-refractivity contribution in [3.8, 4) is 5.88 Å². The topological polar surface area (TPSA) is 75.2 Å². The van der Waals surface area contributed by atoms with Crippen molar-refractivity contribution in [3.05, 3.63) is 23.9 Å². The summed E-state index contributed by atoms with van der Waals surface area (Å²) in [7, 11) is 2.11. The number of halogens is 1. The zero-order valence-electron chi connectivity index (χ0n) is 10.4. The average Bonchev–Trinajstić information content (AvgIpc) is 2.32. The van der Waals surface area contributed by atoms with E-state index in [1.807, 2.05) is 0 Å². The van der Waals surface area contributed by atoms with Gasteiger partial charge < -0.3 is 15.4 Å². The van der Waals surface area contributed by atoms with Gasteiger partial charge in [0.1, 0.15) is 11.9 Å². The Kier molecular flexibility index (Phi) is 5.37. The maximum absolute atomic E-state index is 7.48. The Bertz CT molecular complexity index is 405. The van der Waals surface area contributed by atoms with E-state index in [0.29, 0.717) is 11.4 Å². The van der Waals surface area contributed by atoms with Crippen LogP contribution in [0.15, 0.2) is 18.3 Å². The van der Waals surface area contributed by atoms with Crippen LogP contribution >= 0.6 is 12.4 Å². The van der Waals surface area contributed by atoms with Crippen LogP contribution < -0.4 is 10.5 Å². The molecule has 5 nitrogen and oxygen atoms in total. The van der Waals surface area contributed by atoms with Crippen molar-refractivity contribution in [2.45, 2.75) is 18.9 Å². The molecule has 1 fully saturated rings. The summed E-state index contributed by atoms with van der Waals surface area (Å²) in [4.78, 5) is 6.44. The molecule has 1 saturated heterocycles. The first-order valence-electron chi connectivity index (χ1n) is 5.81. The molecule has 1 aliphatic heterocycles. The summed E-state index contributed by atoms with van der Waals surface area (Å²) in [5, 5.41) is 7.48. The zero-order valence-corrected chi connectivity index (χ0v) is 11.2. The Morgan fingerprint density at radius 3 is 2.78 bits per heavy atom. The lowest BCUT2D eigenvalue weighted by Gasteiger charge is -2.29. The number of nitrogens with one attached hydrogen (secondary N) is 1. The van der Waals surface area contributed by atoms with Gasteiger partial charge in [0, 0.05) is 19.3 Å². The Labute approximate surface area is 113 Å². The molecule has 0 atom stereocenters. The lowest BCUT2D eigenvalue weighted by molar-refractivity contribution is 0.110. The van der Waals surface area contributed by atoms with Gasteiger partial charge >= 0.3 is 0 Å². The number of rotatable bonds is 3. The van der Waals surface area contributed by atoms with Crippen LogP contribution in [0, 0.1) is 5.41 Å². The highest BCUT2D eigenvalue weighted by Gasteiger charge is 2.20. The van der Waals surface area contributed by atoms with Crippen LogP contribution in [0.4, 0.5) is 0 Å². The number of likely N-dealkylation sites (tertiary alicyclic amines) is 1. The van der Waals surface area contributed by atoms with Crippen molar-refractivity contribution in [2.24, 2.45) is 5.73 Å². The highest BCUT2D eigenvalue weighted by molar-refractivity contribution is 5.96. The maximum Gasteiger partial charge on any atom is 0.224 e. The number of ether oxygens (including phenoxy) is 1. The molecule has 0 unspecified atom stereocenters. The van der Waals surface area contributed by atoms with Gasteiger partial charge in [0.25, 0.3) is 0 Å². The average molecular weight is 271 g/mol. The van der Waals surface area contributed by atoms with Crippen LogP contribution in [-0.4, -0.2) is 42.0 Å². The van der Waals surface area contributed by atoms with Crippen molar-refractivity contribution < 1.29 is 4.74 Å². The van der Waals surface area contributed by atoms with Crippen LogP contribution in [0.25, 0.3) is 0 Å². The van der Waals surface area contributed by atoms with E-state index in [-0.39, 0.29) is 24.3 Å². The van der Waals surface area contributed by atoms with Gasteiger partial charge in [-0.1, -0.05) is 0 Å². The summed E-state index contributed by atoms with van der Waals surface area (Å²) >= 11 is 0. The molecule has 0 radical (unpaired) electrons. The first-order valence-corrected chi connectivity index (χ1v) is 5.81. The van der Waals surface area contributed by atoms with E-state index in [2.05, 4.69) is 16.9 Å². The van der Waals surface area contributed by atoms with Crippen LogP contribution in [0.1, 0.15) is 18.4 Å². The van der Waals surface area contributed by atoms with E-state index in [9.17, 15) is 0 Å². The van der Waals surface area contributed by atoms with Gasteiger partial charge in [0.05, 0.1) is 5.56 Å². The third-order valence-corrected chi connectivity index (χ3v) is 3.01. The summed E-state index contributed by atoms with van der Waals surface area (Å²) in [6.07, 6.45) is 3.82. The molecule has 0 bridgehead atoms. The number of nitrogens with two attached hydrogens (primary N) is 1. The minimum atomic E-state index is 0. The predicted octanol–water partition coefficient (Wildman–Crippen LogP) is 1.26. The number of aromatic nitrogens is 1. The normalized spacial score (nSPS) is 16.9. The Balaban J connectivity index is 0.00000162. The number of pyridine rings is 1. The lowest BCUT2D eigenvalue weighted by atomic mass is 10.1. The lowest BCUT2D eigenvalue weighted by Crippen LogP contribution is -2.36. The minimum absolute atomic E-state index is 0.